The Morgan fingerprint density at radius 3 is 2.58 bits per heavy atom. The third kappa shape index (κ3) is 3.02. The van der Waals surface area contributed by atoms with Gasteiger partial charge < -0.3 is 5.32 Å². The molecule has 4 nitrogen and oxygen atoms in total. The van der Waals surface area contributed by atoms with Gasteiger partial charge in [-0.05, 0) is 39.3 Å². The number of aromatic amines is 1. The molecule has 0 radical (unpaired) electrons. The van der Waals surface area contributed by atoms with Gasteiger partial charge in [-0.15, -0.1) is 0 Å². The zero-order valence-corrected chi connectivity index (χ0v) is 11.8. The summed E-state index contributed by atoms with van der Waals surface area (Å²) in [7, 11) is 0. The summed E-state index contributed by atoms with van der Waals surface area (Å²) < 4.78 is 0. The molecule has 0 saturated carbocycles. The summed E-state index contributed by atoms with van der Waals surface area (Å²) >= 11 is 0. The highest BCUT2D eigenvalue weighted by Crippen LogP contribution is 2.17. The molecule has 0 saturated heterocycles. The fourth-order valence-electron chi connectivity index (χ4n) is 2.14. The van der Waals surface area contributed by atoms with Crippen molar-refractivity contribution in [3.63, 3.8) is 0 Å². The maximum atomic E-state index is 12.1. The molecule has 1 aromatic heterocycles. The smallest absolute Gasteiger partial charge is 0.228 e. The van der Waals surface area contributed by atoms with E-state index in [1.807, 2.05) is 39.8 Å². The highest BCUT2D eigenvalue weighted by Gasteiger charge is 2.12. The van der Waals surface area contributed by atoms with Crippen LogP contribution in [-0.4, -0.2) is 16.1 Å². The van der Waals surface area contributed by atoms with Crippen molar-refractivity contribution >= 4 is 11.6 Å². The zero-order valence-electron chi connectivity index (χ0n) is 11.8. The van der Waals surface area contributed by atoms with Crippen molar-refractivity contribution in [1.29, 1.82) is 0 Å². The number of rotatable bonds is 3. The number of H-pyrrole nitrogens is 1. The summed E-state index contributed by atoms with van der Waals surface area (Å²) in [5.74, 6) is -0.0143. The molecule has 2 aromatic rings. The van der Waals surface area contributed by atoms with E-state index in [0.717, 1.165) is 28.2 Å². The van der Waals surface area contributed by atoms with Gasteiger partial charge in [0.1, 0.15) is 0 Å². The molecule has 1 amide bonds. The van der Waals surface area contributed by atoms with Crippen LogP contribution in [0.25, 0.3) is 0 Å². The van der Waals surface area contributed by atoms with Gasteiger partial charge >= 0.3 is 0 Å². The lowest BCUT2D eigenvalue weighted by Gasteiger charge is -2.09. The zero-order chi connectivity index (χ0) is 14.0. The Bertz CT molecular complexity index is 594. The number of benzene rings is 1. The fraction of sp³-hybridized carbons (Fsp3) is 0.333. The molecule has 0 bridgehead atoms. The molecule has 0 atom stereocenters. The summed E-state index contributed by atoms with van der Waals surface area (Å²) in [5, 5.41) is 9.94. The second kappa shape index (κ2) is 5.26. The first-order chi connectivity index (χ1) is 8.97. The lowest BCUT2D eigenvalue weighted by molar-refractivity contribution is -0.115. The molecule has 0 fully saturated rings. The first-order valence-electron chi connectivity index (χ1n) is 6.35. The molecular formula is C15H19N3O. The van der Waals surface area contributed by atoms with E-state index in [1.165, 1.54) is 5.56 Å². The predicted molar refractivity (Wildman–Crippen MR) is 76.3 cm³/mol. The van der Waals surface area contributed by atoms with E-state index in [2.05, 4.69) is 21.6 Å². The Morgan fingerprint density at radius 2 is 2.00 bits per heavy atom. The van der Waals surface area contributed by atoms with E-state index >= 15 is 0 Å². The van der Waals surface area contributed by atoms with Crippen molar-refractivity contribution < 1.29 is 4.79 Å². The summed E-state index contributed by atoms with van der Waals surface area (Å²) in [6, 6.07) is 6.00. The number of carbonyl (C=O) groups is 1. The van der Waals surface area contributed by atoms with Crippen molar-refractivity contribution in [3.8, 4) is 0 Å². The van der Waals surface area contributed by atoms with Crippen molar-refractivity contribution in [3.05, 3.63) is 46.3 Å². The van der Waals surface area contributed by atoms with Crippen LogP contribution in [0.15, 0.2) is 18.2 Å². The number of hydrogen-bond acceptors (Lipinski definition) is 2. The highest BCUT2D eigenvalue weighted by atomic mass is 16.1. The Morgan fingerprint density at radius 1 is 1.26 bits per heavy atom. The second-order valence-corrected chi connectivity index (χ2v) is 4.96. The maximum absolute atomic E-state index is 12.1. The number of carbonyl (C=O) groups excluding carboxylic acids is 1. The highest BCUT2D eigenvalue weighted by molar-refractivity contribution is 5.93. The standard InChI is InChI=1S/C15H19N3O/c1-9-5-6-14(10(2)7-9)16-15(19)8-13-11(3)17-18-12(13)4/h5-7H,8H2,1-4H3,(H,16,19)(H,17,18). The van der Waals surface area contributed by atoms with Gasteiger partial charge in [-0.1, -0.05) is 17.7 Å². The Hall–Kier alpha value is -2.10. The van der Waals surface area contributed by atoms with Crippen LogP contribution in [0, 0.1) is 27.7 Å². The van der Waals surface area contributed by atoms with Crippen LogP contribution in [0.5, 0.6) is 0 Å². The van der Waals surface area contributed by atoms with Gasteiger partial charge in [0.05, 0.1) is 12.1 Å². The van der Waals surface area contributed by atoms with E-state index in [9.17, 15) is 4.79 Å². The van der Waals surface area contributed by atoms with Gasteiger partial charge in [0.2, 0.25) is 5.91 Å². The molecule has 2 rings (SSSR count). The monoisotopic (exact) mass is 257 g/mol. The maximum Gasteiger partial charge on any atom is 0.228 e. The van der Waals surface area contributed by atoms with Gasteiger partial charge in [0.15, 0.2) is 0 Å². The van der Waals surface area contributed by atoms with Crippen LogP contribution in [-0.2, 0) is 11.2 Å². The molecule has 0 aliphatic rings. The Balaban J connectivity index is 2.10. The molecule has 4 heteroatoms. The van der Waals surface area contributed by atoms with Crippen LogP contribution in [0.4, 0.5) is 5.69 Å². The van der Waals surface area contributed by atoms with E-state index in [-0.39, 0.29) is 5.91 Å². The minimum atomic E-state index is -0.0143. The molecule has 2 N–H and O–H groups in total. The average Bonchev–Trinajstić information content (AvgIpc) is 2.65. The molecule has 100 valence electrons. The molecule has 0 unspecified atom stereocenters. The quantitative estimate of drug-likeness (QED) is 0.888. The SMILES string of the molecule is Cc1ccc(NC(=O)Cc2c(C)n[nH]c2C)c(C)c1. The second-order valence-electron chi connectivity index (χ2n) is 4.96. The van der Waals surface area contributed by atoms with Crippen LogP contribution in [0.1, 0.15) is 28.1 Å². The first-order valence-corrected chi connectivity index (χ1v) is 6.35. The Labute approximate surface area is 113 Å². The summed E-state index contributed by atoms with van der Waals surface area (Å²) in [6.45, 7) is 7.87. The number of nitrogens with zero attached hydrogens (tertiary/aromatic N) is 1. The van der Waals surface area contributed by atoms with Crippen LogP contribution in [0.2, 0.25) is 0 Å². The van der Waals surface area contributed by atoms with Crippen LogP contribution < -0.4 is 5.32 Å². The van der Waals surface area contributed by atoms with Gasteiger partial charge in [-0.25, -0.2) is 0 Å². The predicted octanol–water partition coefficient (Wildman–Crippen LogP) is 2.82. The molecule has 19 heavy (non-hydrogen) atoms. The van der Waals surface area contributed by atoms with Crippen molar-refractivity contribution in [2.45, 2.75) is 34.1 Å². The molecule has 0 spiro atoms. The largest absolute Gasteiger partial charge is 0.326 e. The van der Waals surface area contributed by atoms with Crippen molar-refractivity contribution in [1.82, 2.24) is 10.2 Å². The Kier molecular flexibility index (Phi) is 3.69. The summed E-state index contributed by atoms with van der Waals surface area (Å²) in [6.07, 6.45) is 0.349. The number of aromatic nitrogens is 2. The fourth-order valence-corrected chi connectivity index (χ4v) is 2.14. The van der Waals surface area contributed by atoms with Gasteiger partial charge in [-0.3, -0.25) is 9.89 Å². The summed E-state index contributed by atoms with van der Waals surface area (Å²) in [4.78, 5) is 12.1. The average molecular weight is 257 g/mol. The number of amides is 1. The lowest BCUT2D eigenvalue weighted by atomic mass is 10.1. The molecule has 1 heterocycles. The van der Waals surface area contributed by atoms with Crippen molar-refractivity contribution in [2.75, 3.05) is 5.32 Å². The molecular weight excluding hydrogens is 238 g/mol. The van der Waals surface area contributed by atoms with Gasteiger partial charge in [0.25, 0.3) is 0 Å². The molecule has 0 aliphatic heterocycles. The van der Waals surface area contributed by atoms with E-state index in [1.54, 1.807) is 0 Å². The van der Waals surface area contributed by atoms with Crippen molar-refractivity contribution in [2.24, 2.45) is 0 Å². The number of aryl methyl sites for hydroxylation is 4. The minimum Gasteiger partial charge on any atom is -0.326 e. The normalized spacial score (nSPS) is 10.5. The first kappa shape index (κ1) is 13.3. The third-order valence-electron chi connectivity index (χ3n) is 3.27. The topological polar surface area (TPSA) is 57.8 Å². The van der Waals surface area contributed by atoms with Gasteiger partial charge in [-0.2, -0.15) is 5.10 Å². The van der Waals surface area contributed by atoms with Crippen LogP contribution >= 0.6 is 0 Å². The lowest BCUT2D eigenvalue weighted by Crippen LogP contribution is -2.16. The third-order valence-corrected chi connectivity index (χ3v) is 3.27. The van der Waals surface area contributed by atoms with E-state index < -0.39 is 0 Å². The molecule has 0 aliphatic carbocycles. The molecule has 1 aromatic carbocycles. The van der Waals surface area contributed by atoms with Gasteiger partial charge in [0, 0.05) is 16.9 Å². The number of nitrogens with one attached hydrogen (secondary N) is 2. The van der Waals surface area contributed by atoms with E-state index in [0.29, 0.717) is 6.42 Å². The summed E-state index contributed by atoms with van der Waals surface area (Å²) in [5.41, 5.74) is 5.95. The number of hydrogen-bond donors (Lipinski definition) is 2. The van der Waals surface area contributed by atoms with E-state index in [4.69, 9.17) is 0 Å². The number of anilines is 1. The van der Waals surface area contributed by atoms with Crippen LogP contribution in [0.3, 0.4) is 0 Å². The minimum absolute atomic E-state index is 0.0143.